The predicted octanol–water partition coefficient (Wildman–Crippen LogP) is 1.64. The van der Waals surface area contributed by atoms with E-state index in [9.17, 15) is 4.79 Å². The van der Waals surface area contributed by atoms with Crippen molar-refractivity contribution in [2.45, 2.75) is 31.7 Å². The summed E-state index contributed by atoms with van der Waals surface area (Å²) in [6.07, 6.45) is 0.314. The highest BCUT2D eigenvalue weighted by atomic mass is 32.2. The van der Waals surface area contributed by atoms with Crippen molar-refractivity contribution in [3.05, 3.63) is 0 Å². The fourth-order valence-electron chi connectivity index (χ4n) is 1.20. The molecule has 0 aliphatic carbocycles. The number of carbonyl (C=O) groups is 1. The van der Waals surface area contributed by atoms with Gasteiger partial charge in [0.25, 0.3) is 0 Å². The first kappa shape index (κ1) is 12.0. The van der Waals surface area contributed by atoms with Crippen molar-refractivity contribution >= 4 is 18.2 Å². The van der Waals surface area contributed by atoms with E-state index in [0.29, 0.717) is 31.8 Å². The maximum atomic E-state index is 11.2. The SMILES string of the molecule is CCC1(OOC(=O)OC2CCOSC2)CO1. The van der Waals surface area contributed by atoms with Crippen LogP contribution in [0.4, 0.5) is 4.79 Å². The van der Waals surface area contributed by atoms with Crippen LogP contribution >= 0.6 is 12.0 Å². The van der Waals surface area contributed by atoms with Gasteiger partial charge in [-0.3, -0.25) is 4.89 Å². The summed E-state index contributed by atoms with van der Waals surface area (Å²) in [5.74, 6) is -0.117. The second kappa shape index (κ2) is 5.22. The number of ether oxygens (including phenoxy) is 2. The van der Waals surface area contributed by atoms with Gasteiger partial charge in [-0.25, -0.2) is 4.79 Å². The molecule has 0 saturated carbocycles. The van der Waals surface area contributed by atoms with E-state index < -0.39 is 11.9 Å². The highest BCUT2D eigenvalue weighted by molar-refractivity contribution is 7.94. The molecule has 7 heteroatoms. The summed E-state index contributed by atoms with van der Waals surface area (Å²) in [5.41, 5.74) is 0. The van der Waals surface area contributed by atoms with Gasteiger partial charge in [-0.2, -0.15) is 0 Å². The topological polar surface area (TPSA) is 66.5 Å². The minimum Gasteiger partial charge on any atom is -0.428 e. The van der Waals surface area contributed by atoms with Gasteiger partial charge < -0.3 is 13.7 Å². The molecule has 0 spiro atoms. The van der Waals surface area contributed by atoms with Crippen molar-refractivity contribution in [1.29, 1.82) is 0 Å². The van der Waals surface area contributed by atoms with Gasteiger partial charge in [0.1, 0.15) is 12.7 Å². The molecule has 2 rings (SSSR count). The molecule has 2 aliphatic heterocycles. The van der Waals surface area contributed by atoms with Crippen LogP contribution in [0.1, 0.15) is 19.8 Å². The lowest BCUT2D eigenvalue weighted by atomic mass is 10.3. The Hall–Kier alpha value is -0.500. The van der Waals surface area contributed by atoms with Crippen molar-refractivity contribution < 1.29 is 28.2 Å². The van der Waals surface area contributed by atoms with E-state index in [4.69, 9.17) is 18.5 Å². The number of rotatable bonds is 4. The Morgan fingerprint density at radius 1 is 1.62 bits per heavy atom. The zero-order chi connectivity index (χ0) is 11.4. The van der Waals surface area contributed by atoms with E-state index in [1.54, 1.807) is 0 Å². The minimum atomic E-state index is -0.823. The molecule has 0 N–H and O–H groups in total. The third kappa shape index (κ3) is 3.24. The third-order valence-electron chi connectivity index (χ3n) is 2.39. The second-order valence-electron chi connectivity index (χ2n) is 3.60. The van der Waals surface area contributed by atoms with Crippen LogP contribution in [0.25, 0.3) is 0 Å². The first-order valence-electron chi connectivity index (χ1n) is 5.19. The molecule has 0 radical (unpaired) electrons. The number of carbonyl (C=O) groups excluding carboxylic acids is 1. The average Bonchev–Trinajstić information content (AvgIpc) is 3.09. The third-order valence-corrected chi connectivity index (χ3v) is 3.23. The van der Waals surface area contributed by atoms with E-state index >= 15 is 0 Å². The molecule has 2 heterocycles. The quantitative estimate of drug-likeness (QED) is 0.247. The van der Waals surface area contributed by atoms with Crippen LogP contribution in [0.15, 0.2) is 0 Å². The van der Waals surface area contributed by atoms with Gasteiger partial charge in [0, 0.05) is 12.8 Å². The van der Waals surface area contributed by atoms with Crippen LogP contribution in [-0.2, 0) is 23.4 Å². The Balaban J connectivity index is 1.64. The van der Waals surface area contributed by atoms with E-state index in [2.05, 4.69) is 4.89 Å². The summed E-state index contributed by atoms with van der Waals surface area (Å²) >= 11 is 1.29. The highest BCUT2D eigenvalue weighted by Crippen LogP contribution is 2.32. The molecule has 2 saturated heterocycles. The zero-order valence-corrected chi connectivity index (χ0v) is 9.79. The van der Waals surface area contributed by atoms with Gasteiger partial charge in [0.2, 0.25) is 5.79 Å². The van der Waals surface area contributed by atoms with Crippen LogP contribution < -0.4 is 0 Å². The fourth-order valence-corrected chi connectivity index (χ4v) is 1.89. The summed E-state index contributed by atoms with van der Waals surface area (Å²) in [6.45, 7) is 2.91. The summed E-state index contributed by atoms with van der Waals surface area (Å²) < 4.78 is 15.1. The molecule has 2 fully saturated rings. The molecule has 0 amide bonds. The monoisotopic (exact) mass is 250 g/mol. The Morgan fingerprint density at radius 2 is 2.44 bits per heavy atom. The maximum Gasteiger partial charge on any atom is 0.540 e. The van der Waals surface area contributed by atoms with Crippen molar-refractivity contribution in [3.63, 3.8) is 0 Å². The van der Waals surface area contributed by atoms with Crippen LogP contribution in [0.5, 0.6) is 0 Å². The first-order chi connectivity index (χ1) is 7.74. The molecule has 0 aromatic heterocycles. The van der Waals surface area contributed by atoms with Gasteiger partial charge in [0.15, 0.2) is 0 Å². The summed E-state index contributed by atoms with van der Waals surface area (Å²) in [6, 6.07) is 0. The number of hydrogen-bond acceptors (Lipinski definition) is 7. The fraction of sp³-hybridized carbons (Fsp3) is 0.889. The van der Waals surface area contributed by atoms with Crippen molar-refractivity contribution in [2.75, 3.05) is 19.0 Å². The highest BCUT2D eigenvalue weighted by Gasteiger charge is 2.47. The Bertz CT molecular complexity index is 248. The van der Waals surface area contributed by atoms with Gasteiger partial charge in [-0.15, -0.1) is 4.89 Å². The molecule has 0 bridgehead atoms. The number of hydrogen-bond donors (Lipinski definition) is 0. The smallest absolute Gasteiger partial charge is 0.428 e. The molecule has 2 atom stereocenters. The largest absolute Gasteiger partial charge is 0.540 e. The summed E-state index contributed by atoms with van der Waals surface area (Å²) in [5, 5.41) is 0. The van der Waals surface area contributed by atoms with Crippen LogP contribution in [0, 0.1) is 0 Å². The van der Waals surface area contributed by atoms with Crippen molar-refractivity contribution in [3.8, 4) is 0 Å². The first-order valence-corrected chi connectivity index (χ1v) is 6.10. The molecule has 2 unspecified atom stereocenters. The summed E-state index contributed by atoms with van der Waals surface area (Å²) in [7, 11) is 0. The molecule has 2 aliphatic rings. The molecule has 92 valence electrons. The van der Waals surface area contributed by atoms with Gasteiger partial charge in [-0.05, 0) is 12.0 Å². The molecular formula is C9H14O6S. The normalized spacial score (nSPS) is 33.2. The summed E-state index contributed by atoms with van der Waals surface area (Å²) in [4.78, 5) is 20.6. The molecule has 0 aromatic carbocycles. The molecule has 6 nitrogen and oxygen atoms in total. The van der Waals surface area contributed by atoms with E-state index in [-0.39, 0.29) is 6.10 Å². The predicted molar refractivity (Wildman–Crippen MR) is 54.4 cm³/mol. The van der Waals surface area contributed by atoms with E-state index in [0.717, 1.165) is 0 Å². The second-order valence-corrected chi connectivity index (χ2v) is 4.41. The Morgan fingerprint density at radius 3 is 3.00 bits per heavy atom. The molecule has 16 heavy (non-hydrogen) atoms. The van der Waals surface area contributed by atoms with Crippen LogP contribution in [0.2, 0.25) is 0 Å². The Kier molecular flexibility index (Phi) is 3.91. The Labute approximate surface area is 97.6 Å². The number of epoxide rings is 1. The lowest BCUT2D eigenvalue weighted by Gasteiger charge is -2.20. The van der Waals surface area contributed by atoms with Crippen LogP contribution in [-0.4, -0.2) is 37.0 Å². The van der Waals surface area contributed by atoms with Gasteiger partial charge in [0.05, 0.1) is 12.4 Å². The molecular weight excluding hydrogens is 236 g/mol. The average molecular weight is 250 g/mol. The van der Waals surface area contributed by atoms with Crippen LogP contribution in [0.3, 0.4) is 0 Å². The lowest BCUT2D eigenvalue weighted by molar-refractivity contribution is -0.323. The zero-order valence-electron chi connectivity index (χ0n) is 8.97. The van der Waals surface area contributed by atoms with Gasteiger partial charge in [-0.1, -0.05) is 6.92 Å². The van der Waals surface area contributed by atoms with Crippen molar-refractivity contribution in [1.82, 2.24) is 0 Å². The maximum absolute atomic E-state index is 11.2. The standard InChI is InChI=1S/C9H14O6S/c1-2-9(6-11-9)15-14-8(10)13-7-3-4-12-16-5-7/h7H,2-6H2,1H3. The van der Waals surface area contributed by atoms with E-state index in [1.165, 1.54) is 12.0 Å². The van der Waals surface area contributed by atoms with Crippen molar-refractivity contribution in [2.24, 2.45) is 0 Å². The van der Waals surface area contributed by atoms with E-state index in [1.807, 2.05) is 6.92 Å². The minimum absolute atomic E-state index is 0.174. The molecule has 0 aromatic rings. The van der Waals surface area contributed by atoms with Gasteiger partial charge >= 0.3 is 6.16 Å². The lowest BCUT2D eigenvalue weighted by Crippen LogP contribution is -2.27.